The summed E-state index contributed by atoms with van der Waals surface area (Å²) < 4.78 is 37.6. The van der Waals surface area contributed by atoms with Crippen LogP contribution in [0.25, 0.3) is 0 Å². The maximum absolute atomic E-state index is 12.5. The summed E-state index contributed by atoms with van der Waals surface area (Å²) in [5.41, 5.74) is 0.354. The molecule has 1 aromatic carbocycles. The molecule has 2 rings (SSSR count). The van der Waals surface area contributed by atoms with Gasteiger partial charge in [0.15, 0.2) is 0 Å². The molecule has 0 radical (unpaired) electrons. The summed E-state index contributed by atoms with van der Waals surface area (Å²) in [5.74, 6) is 0.525. The number of nitrogens with zero attached hydrogens (tertiary/aromatic N) is 1. The highest BCUT2D eigenvalue weighted by atomic mass is 19.4. The van der Waals surface area contributed by atoms with Gasteiger partial charge in [0.2, 0.25) is 0 Å². The number of hydrogen-bond acceptors (Lipinski definition) is 2. The molecular weight excluding hydrogens is 265 g/mol. The monoisotopic (exact) mass is 286 g/mol. The van der Waals surface area contributed by atoms with Gasteiger partial charge < -0.3 is 5.32 Å². The topological polar surface area (TPSA) is 15.3 Å². The van der Waals surface area contributed by atoms with Crippen molar-refractivity contribution in [3.63, 3.8) is 0 Å². The van der Waals surface area contributed by atoms with E-state index >= 15 is 0 Å². The van der Waals surface area contributed by atoms with Crippen LogP contribution in [0.2, 0.25) is 0 Å². The van der Waals surface area contributed by atoms with Crippen molar-refractivity contribution in [3.05, 3.63) is 35.4 Å². The Bertz CT molecular complexity index is 426. The quantitative estimate of drug-likeness (QED) is 0.918. The first kappa shape index (κ1) is 15.3. The summed E-state index contributed by atoms with van der Waals surface area (Å²) in [6.45, 7) is 7.88. The second-order valence-electron chi connectivity index (χ2n) is 5.68. The molecule has 0 aliphatic carbocycles. The number of hydrogen-bond donors (Lipinski definition) is 1. The van der Waals surface area contributed by atoms with Gasteiger partial charge in [0.25, 0.3) is 0 Å². The molecule has 1 atom stereocenters. The van der Waals surface area contributed by atoms with E-state index in [0.717, 1.165) is 25.2 Å². The highest BCUT2D eigenvalue weighted by Gasteiger charge is 2.30. The number of benzene rings is 1. The molecule has 1 aromatic rings. The Hall–Kier alpha value is -1.07. The lowest BCUT2D eigenvalue weighted by Gasteiger charge is -2.38. The molecule has 1 saturated heterocycles. The van der Waals surface area contributed by atoms with Crippen LogP contribution in [0.1, 0.15) is 25.0 Å². The van der Waals surface area contributed by atoms with Gasteiger partial charge in [0.05, 0.1) is 5.56 Å². The van der Waals surface area contributed by atoms with Crippen LogP contribution in [-0.4, -0.2) is 30.6 Å². The van der Waals surface area contributed by atoms with E-state index in [2.05, 4.69) is 24.1 Å². The minimum atomic E-state index is -4.26. The van der Waals surface area contributed by atoms with Crippen molar-refractivity contribution in [2.75, 3.05) is 19.6 Å². The molecular formula is C15H21F3N2. The molecule has 1 heterocycles. The second-order valence-corrected chi connectivity index (χ2v) is 5.68. The van der Waals surface area contributed by atoms with E-state index in [9.17, 15) is 13.2 Å². The average molecular weight is 286 g/mol. The van der Waals surface area contributed by atoms with Gasteiger partial charge in [0, 0.05) is 32.2 Å². The molecule has 20 heavy (non-hydrogen) atoms. The van der Waals surface area contributed by atoms with Crippen LogP contribution >= 0.6 is 0 Å². The minimum Gasteiger partial charge on any atom is -0.314 e. The van der Waals surface area contributed by atoms with Gasteiger partial charge in [-0.25, -0.2) is 0 Å². The fourth-order valence-corrected chi connectivity index (χ4v) is 2.65. The minimum absolute atomic E-state index is 0.436. The third-order valence-corrected chi connectivity index (χ3v) is 3.83. The number of piperazine rings is 1. The SMILES string of the molecule is CC(C)C1CNCCN1Cc1ccc(C(F)(F)F)cc1. The predicted molar refractivity (Wildman–Crippen MR) is 73.3 cm³/mol. The highest BCUT2D eigenvalue weighted by Crippen LogP contribution is 2.29. The van der Waals surface area contributed by atoms with Gasteiger partial charge in [-0.15, -0.1) is 0 Å². The normalized spacial score (nSPS) is 21.4. The van der Waals surface area contributed by atoms with Gasteiger partial charge in [-0.05, 0) is 23.6 Å². The van der Waals surface area contributed by atoms with Gasteiger partial charge in [0.1, 0.15) is 0 Å². The Morgan fingerprint density at radius 3 is 2.45 bits per heavy atom. The van der Waals surface area contributed by atoms with Gasteiger partial charge in [-0.1, -0.05) is 26.0 Å². The Morgan fingerprint density at radius 1 is 1.25 bits per heavy atom. The smallest absolute Gasteiger partial charge is 0.314 e. The van der Waals surface area contributed by atoms with Crippen LogP contribution in [0, 0.1) is 5.92 Å². The van der Waals surface area contributed by atoms with E-state index in [1.807, 2.05) is 0 Å². The first-order chi connectivity index (χ1) is 9.38. The highest BCUT2D eigenvalue weighted by molar-refractivity contribution is 5.24. The second kappa shape index (κ2) is 6.14. The zero-order chi connectivity index (χ0) is 14.8. The summed E-state index contributed by atoms with van der Waals surface area (Å²) in [7, 11) is 0. The Kier molecular flexibility index (Phi) is 4.70. The molecule has 5 heteroatoms. The first-order valence-electron chi connectivity index (χ1n) is 6.99. The standard InChI is InChI=1S/C15H21F3N2/c1-11(2)14-9-19-7-8-20(14)10-12-3-5-13(6-4-12)15(16,17)18/h3-6,11,14,19H,7-10H2,1-2H3. The molecule has 0 spiro atoms. The molecule has 0 saturated carbocycles. The third-order valence-electron chi connectivity index (χ3n) is 3.83. The zero-order valence-corrected chi connectivity index (χ0v) is 11.9. The maximum atomic E-state index is 12.5. The van der Waals surface area contributed by atoms with Gasteiger partial charge in [-0.2, -0.15) is 13.2 Å². The molecule has 1 fully saturated rings. The lowest BCUT2D eigenvalue weighted by atomic mass is 9.99. The largest absolute Gasteiger partial charge is 0.416 e. The Labute approximate surface area is 118 Å². The number of nitrogens with one attached hydrogen (secondary N) is 1. The maximum Gasteiger partial charge on any atom is 0.416 e. The van der Waals surface area contributed by atoms with E-state index in [4.69, 9.17) is 0 Å². The molecule has 1 unspecified atom stereocenters. The van der Waals surface area contributed by atoms with Crippen LogP contribution in [0.4, 0.5) is 13.2 Å². The fraction of sp³-hybridized carbons (Fsp3) is 0.600. The number of halogens is 3. The van der Waals surface area contributed by atoms with Crippen LogP contribution in [-0.2, 0) is 12.7 Å². The fourth-order valence-electron chi connectivity index (χ4n) is 2.65. The summed E-state index contributed by atoms with van der Waals surface area (Å²) >= 11 is 0. The van der Waals surface area contributed by atoms with Crippen LogP contribution in [0.5, 0.6) is 0 Å². The van der Waals surface area contributed by atoms with E-state index in [0.29, 0.717) is 18.5 Å². The molecule has 0 amide bonds. The van der Waals surface area contributed by atoms with E-state index in [1.165, 1.54) is 12.1 Å². The lowest BCUT2D eigenvalue weighted by molar-refractivity contribution is -0.137. The van der Waals surface area contributed by atoms with Crippen molar-refractivity contribution < 1.29 is 13.2 Å². The summed E-state index contributed by atoms with van der Waals surface area (Å²) in [4.78, 5) is 2.35. The summed E-state index contributed by atoms with van der Waals surface area (Å²) in [5, 5.41) is 3.37. The van der Waals surface area contributed by atoms with Crippen LogP contribution in [0.3, 0.4) is 0 Å². The first-order valence-corrected chi connectivity index (χ1v) is 6.99. The van der Waals surface area contributed by atoms with Gasteiger partial charge >= 0.3 is 6.18 Å². The Morgan fingerprint density at radius 2 is 1.90 bits per heavy atom. The zero-order valence-electron chi connectivity index (χ0n) is 11.9. The number of alkyl halides is 3. The predicted octanol–water partition coefficient (Wildman–Crippen LogP) is 3.14. The number of rotatable bonds is 3. The molecule has 0 aromatic heterocycles. The molecule has 2 nitrogen and oxygen atoms in total. The van der Waals surface area contributed by atoms with E-state index < -0.39 is 11.7 Å². The van der Waals surface area contributed by atoms with Crippen LogP contribution in [0.15, 0.2) is 24.3 Å². The van der Waals surface area contributed by atoms with E-state index in [1.54, 1.807) is 12.1 Å². The summed E-state index contributed by atoms with van der Waals surface area (Å²) in [6.07, 6.45) is -4.26. The molecule has 1 N–H and O–H groups in total. The van der Waals surface area contributed by atoms with Crippen molar-refractivity contribution >= 4 is 0 Å². The molecule has 1 aliphatic heterocycles. The van der Waals surface area contributed by atoms with Crippen molar-refractivity contribution in [3.8, 4) is 0 Å². The van der Waals surface area contributed by atoms with Crippen molar-refractivity contribution in [1.82, 2.24) is 10.2 Å². The molecule has 1 aliphatic rings. The third kappa shape index (κ3) is 3.73. The lowest BCUT2D eigenvalue weighted by Crippen LogP contribution is -2.52. The van der Waals surface area contributed by atoms with Crippen molar-refractivity contribution in [2.24, 2.45) is 5.92 Å². The van der Waals surface area contributed by atoms with E-state index in [-0.39, 0.29) is 0 Å². The Balaban J connectivity index is 2.05. The van der Waals surface area contributed by atoms with Crippen molar-refractivity contribution in [2.45, 2.75) is 32.6 Å². The molecule has 112 valence electrons. The van der Waals surface area contributed by atoms with Crippen molar-refractivity contribution in [1.29, 1.82) is 0 Å². The molecule has 0 bridgehead atoms. The average Bonchev–Trinajstić information content (AvgIpc) is 2.38. The van der Waals surface area contributed by atoms with Gasteiger partial charge in [-0.3, -0.25) is 4.90 Å². The van der Waals surface area contributed by atoms with Crippen LogP contribution < -0.4 is 5.32 Å². The summed E-state index contributed by atoms with van der Waals surface area (Å²) in [6, 6.07) is 5.94.